The maximum absolute atomic E-state index is 12.9. The molecular formula is C31H38ClN3O11. The normalized spacial score (nSPS) is 34.7. The van der Waals surface area contributed by atoms with Gasteiger partial charge in [0.1, 0.15) is 61.9 Å². The van der Waals surface area contributed by atoms with Crippen molar-refractivity contribution in [1.82, 2.24) is 5.32 Å². The van der Waals surface area contributed by atoms with Gasteiger partial charge in [0.25, 0.3) is 0 Å². The number of fused-ring (bicyclic) bond motifs is 1. The van der Waals surface area contributed by atoms with Gasteiger partial charge in [-0.1, -0.05) is 35.0 Å². The van der Waals surface area contributed by atoms with Crippen LogP contribution in [0, 0.1) is 0 Å². The van der Waals surface area contributed by atoms with E-state index in [0.717, 1.165) is 5.56 Å². The van der Waals surface area contributed by atoms with Crippen LogP contribution in [0.5, 0.6) is 5.75 Å². The fourth-order valence-electron chi connectivity index (χ4n) is 5.57. The highest BCUT2D eigenvalue weighted by molar-refractivity contribution is 6.30. The summed E-state index contributed by atoms with van der Waals surface area (Å²) in [6.45, 7) is 4.47. The summed E-state index contributed by atoms with van der Waals surface area (Å²) in [4.78, 5) is 18.3. The molecule has 0 unspecified atom stereocenters. The lowest BCUT2D eigenvalue weighted by Crippen LogP contribution is -2.67. The Hall–Kier alpha value is -3.31. The first-order chi connectivity index (χ1) is 21.8. The van der Waals surface area contributed by atoms with Gasteiger partial charge in [-0.2, -0.15) is 0 Å². The molecule has 2 saturated heterocycles. The number of carbonyl (C=O) groups excluding carboxylic acids is 1. The molecule has 0 radical (unpaired) electrons. The summed E-state index contributed by atoms with van der Waals surface area (Å²) in [5.41, 5.74) is 6.34. The number of halogens is 1. The van der Waals surface area contributed by atoms with E-state index in [1.807, 2.05) is 6.07 Å². The van der Waals surface area contributed by atoms with Crippen molar-refractivity contribution in [2.75, 3.05) is 12.5 Å². The summed E-state index contributed by atoms with van der Waals surface area (Å²) in [6, 6.07) is 10.5. The smallest absolute Gasteiger partial charge is 0.247 e. The van der Waals surface area contributed by atoms with Crippen molar-refractivity contribution in [2.45, 2.75) is 88.0 Å². The Morgan fingerprint density at radius 2 is 1.83 bits per heavy atom. The zero-order valence-corrected chi connectivity index (χ0v) is 26.1. The Morgan fingerprint density at radius 3 is 2.52 bits per heavy atom. The quantitative estimate of drug-likeness (QED) is 0.0843. The highest BCUT2D eigenvalue weighted by Gasteiger charge is 2.55. The number of aliphatic hydroxyl groups excluding tert-OH is 4. The van der Waals surface area contributed by atoms with Gasteiger partial charge in [-0.05, 0) is 62.2 Å². The minimum absolute atomic E-state index is 0.133. The molecule has 3 fully saturated rings. The molecule has 8 N–H and O–H groups in total. The van der Waals surface area contributed by atoms with Gasteiger partial charge in [-0.3, -0.25) is 4.79 Å². The number of carbonyl (C=O) groups is 1. The number of aliphatic hydroxyl groups is 5. The van der Waals surface area contributed by atoms with Gasteiger partial charge in [0.15, 0.2) is 5.60 Å². The molecule has 14 nitrogen and oxygen atoms in total. The molecule has 2 aromatic carbocycles. The van der Waals surface area contributed by atoms with Crippen LogP contribution in [-0.4, -0.2) is 105 Å². The van der Waals surface area contributed by atoms with Gasteiger partial charge in [0, 0.05) is 10.6 Å². The van der Waals surface area contributed by atoms with Gasteiger partial charge < -0.3 is 60.4 Å². The highest BCUT2D eigenvalue weighted by Crippen LogP contribution is 2.36. The topological polar surface area (TPSA) is 215 Å². The lowest BCUT2D eigenvalue weighted by Gasteiger charge is -2.41. The first-order valence-corrected chi connectivity index (χ1v) is 14.9. The SMILES string of the molecule is CC(=Cc1ccc(O[C@@H]2O[C@H](C(C)=NOCc3cccc(Cl)c3)[C@@H](O)[C@]2(C)O)c(N)c1)C(=O)N[C@@H]1[C@H](O)[C@@H](O)[C@H]2OCO[C@H]2[C@@H]1O. The largest absolute Gasteiger partial charge is 0.459 e. The molecule has 5 rings (SSSR count). The number of ether oxygens (including phenoxy) is 4. The predicted octanol–water partition coefficient (Wildman–Crippen LogP) is 0.456. The van der Waals surface area contributed by atoms with E-state index in [4.69, 9.17) is 41.1 Å². The number of anilines is 1. The van der Waals surface area contributed by atoms with E-state index in [2.05, 4.69) is 10.5 Å². The van der Waals surface area contributed by atoms with Gasteiger partial charge in [-0.15, -0.1) is 0 Å². The summed E-state index contributed by atoms with van der Waals surface area (Å²) in [5.74, 6) is -0.449. The summed E-state index contributed by atoms with van der Waals surface area (Å²) < 4.78 is 22.2. The summed E-state index contributed by atoms with van der Waals surface area (Å²) in [6.07, 6.45) is -8.18. The minimum atomic E-state index is -1.84. The average Bonchev–Trinajstić information content (AvgIpc) is 3.59. The van der Waals surface area contributed by atoms with Crippen molar-refractivity contribution < 1.29 is 54.1 Å². The first kappa shape index (κ1) is 34.0. The molecule has 0 bridgehead atoms. The van der Waals surface area contributed by atoms with Crippen molar-refractivity contribution in [3.05, 3.63) is 64.2 Å². The fraction of sp³-hybridized carbons (Fsp3) is 0.484. The average molecular weight is 664 g/mol. The molecule has 0 aromatic heterocycles. The lowest BCUT2D eigenvalue weighted by atomic mass is 9.83. The third-order valence-corrected chi connectivity index (χ3v) is 8.52. The van der Waals surface area contributed by atoms with Gasteiger partial charge in [0.05, 0.1) is 17.4 Å². The number of rotatable bonds is 9. The van der Waals surface area contributed by atoms with Crippen LogP contribution in [0.1, 0.15) is 31.9 Å². The summed E-state index contributed by atoms with van der Waals surface area (Å²) >= 11 is 5.99. The van der Waals surface area contributed by atoms with Crippen LogP contribution in [0.15, 0.2) is 53.2 Å². The number of hydrogen-bond acceptors (Lipinski definition) is 13. The van der Waals surface area contributed by atoms with E-state index in [-0.39, 0.29) is 36.1 Å². The van der Waals surface area contributed by atoms with E-state index in [0.29, 0.717) is 10.6 Å². The number of hydrogen-bond donors (Lipinski definition) is 7. The molecule has 3 aliphatic rings. The molecule has 0 spiro atoms. The molecule has 46 heavy (non-hydrogen) atoms. The van der Waals surface area contributed by atoms with Crippen LogP contribution in [-0.2, 0) is 30.4 Å². The van der Waals surface area contributed by atoms with Crippen LogP contribution in [0.4, 0.5) is 5.69 Å². The maximum Gasteiger partial charge on any atom is 0.247 e. The molecule has 1 aliphatic carbocycles. The Labute approximate surface area is 269 Å². The zero-order valence-electron chi connectivity index (χ0n) is 25.3. The molecule has 2 aliphatic heterocycles. The second kappa shape index (κ2) is 13.8. The molecule has 1 saturated carbocycles. The van der Waals surface area contributed by atoms with Crippen molar-refractivity contribution in [3.8, 4) is 5.75 Å². The van der Waals surface area contributed by atoms with Crippen LogP contribution in [0.2, 0.25) is 5.02 Å². The van der Waals surface area contributed by atoms with Gasteiger partial charge in [0.2, 0.25) is 12.2 Å². The summed E-state index contributed by atoms with van der Waals surface area (Å²) in [5, 5.41) is 60.4. The van der Waals surface area contributed by atoms with E-state index in [9.17, 15) is 30.3 Å². The van der Waals surface area contributed by atoms with Crippen LogP contribution in [0.25, 0.3) is 6.08 Å². The van der Waals surface area contributed by atoms with E-state index in [1.54, 1.807) is 31.2 Å². The lowest BCUT2D eigenvalue weighted by molar-refractivity contribution is -0.155. The van der Waals surface area contributed by atoms with Crippen molar-refractivity contribution in [2.24, 2.45) is 5.16 Å². The first-order valence-electron chi connectivity index (χ1n) is 14.6. The minimum Gasteiger partial charge on any atom is -0.459 e. The van der Waals surface area contributed by atoms with Crippen molar-refractivity contribution in [1.29, 1.82) is 0 Å². The zero-order chi connectivity index (χ0) is 33.3. The number of amides is 1. The number of nitrogens with zero attached hydrogens (tertiary/aromatic N) is 1. The molecule has 2 heterocycles. The molecule has 1 amide bonds. The third kappa shape index (κ3) is 7.00. The molecule has 250 valence electrons. The number of oxime groups is 1. The van der Waals surface area contributed by atoms with E-state index < -0.39 is 66.6 Å². The van der Waals surface area contributed by atoms with Crippen molar-refractivity contribution in [3.63, 3.8) is 0 Å². The monoisotopic (exact) mass is 663 g/mol. The fourth-order valence-corrected chi connectivity index (χ4v) is 5.78. The molecule has 2 aromatic rings. The Bertz CT molecular complexity index is 1490. The number of benzene rings is 2. The van der Waals surface area contributed by atoms with Crippen LogP contribution >= 0.6 is 11.6 Å². The Morgan fingerprint density at radius 1 is 1.11 bits per heavy atom. The third-order valence-electron chi connectivity index (χ3n) is 8.28. The van der Waals surface area contributed by atoms with Gasteiger partial charge in [-0.25, -0.2) is 0 Å². The standard InChI is InChI=1S/C31H38ClN3O11/c1-14(29(40)34-21-22(36)24(38)27-26(23(21)37)42-13-43-27)9-16-7-8-20(19(33)11-16)45-30-31(3,41)28(39)25(46-30)15(2)35-44-12-17-5-4-6-18(32)10-17/h4-11,21-28,30,36-39,41H,12-13,33H2,1-3H3,(H,34,40)/t21-,22+,23-,24-,25-,26+,27-,28-,30-,31+/m1/s1. The van der Waals surface area contributed by atoms with Crippen LogP contribution in [0.3, 0.4) is 0 Å². The van der Waals surface area contributed by atoms with Crippen LogP contribution < -0.4 is 15.8 Å². The highest BCUT2D eigenvalue weighted by atomic mass is 35.5. The Kier molecular flexibility index (Phi) is 10.2. The molecular weight excluding hydrogens is 626 g/mol. The Balaban J connectivity index is 1.21. The second-order valence-electron chi connectivity index (χ2n) is 11.8. The van der Waals surface area contributed by atoms with Gasteiger partial charge >= 0.3 is 0 Å². The summed E-state index contributed by atoms with van der Waals surface area (Å²) in [7, 11) is 0. The second-order valence-corrected chi connectivity index (χ2v) is 12.2. The van der Waals surface area contributed by atoms with E-state index >= 15 is 0 Å². The van der Waals surface area contributed by atoms with Crippen molar-refractivity contribution >= 4 is 35.0 Å². The molecule has 10 atom stereocenters. The number of nitrogen functional groups attached to an aromatic ring is 1. The number of nitrogens with one attached hydrogen (secondary N) is 1. The maximum atomic E-state index is 12.9. The molecule has 15 heteroatoms. The number of nitrogens with two attached hydrogens (primary N) is 1. The predicted molar refractivity (Wildman–Crippen MR) is 164 cm³/mol. The van der Waals surface area contributed by atoms with E-state index in [1.165, 1.54) is 32.1 Å².